The molecule has 4 nitrogen and oxygen atoms in total. The minimum Gasteiger partial charge on any atom is -0.228 e. The van der Waals surface area contributed by atoms with E-state index in [1.165, 1.54) is 5.56 Å². The van der Waals surface area contributed by atoms with Crippen molar-refractivity contribution in [2.45, 2.75) is 11.8 Å². The van der Waals surface area contributed by atoms with Crippen molar-refractivity contribution in [3.8, 4) is 46.0 Å². The van der Waals surface area contributed by atoms with Crippen LogP contribution in [0.1, 0.15) is 56.3 Å². The molecule has 0 amide bonds. The maximum absolute atomic E-state index is 10.3. The van der Waals surface area contributed by atoms with E-state index >= 15 is 0 Å². The average Bonchev–Trinajstić information content (AvgIpc) is 3.07. The van der Waals surface area contributed by atoms with E-state index < -0.39 is 0 Å². The number of hydrogen-bond donors (Lipinski definition) is 0. The van der Waals surface area contributed by atoms with Crippen LogP contribution in [0.4, 0.5) is 0 Å². The van der Waals surface area contributed by atoms with Crippen molar-refractivity contribution in [2.75, 3.05) is 0 Å². The Labute approximate surface area is 243 Å². The lowest BCUT2D eigenvalue weighted by molar-refractivity contribution is 0.750. The van der Waals surface area contributed by atoms with Crippen LogP contribution in [0, 0.1) is 22.7 Å². The summed E-state index contributed by atoms with van der Waals surface area (Å²) in [5.41, 5.74) is 12.4. The predicted octanol–water partition coefficient (Wildman–Crippen LogP) is 8.21. The normalized spacial score (nSPS) is 15.6. The second kappa shape index (κ2) is 9.37. The van der Waals surface area contributed by atoms with Gasteiger partial charge in [0.2, 0.25) is 0 Å². The third-order valence-electron chi connectivity index (χ3n) is 8.57. The summed E-state index contributed by atoms with van der Waals surface area (Å²) in [5, 5.41) is 20.5. The van der Waals surface area contributed by atoms with Gasteiger partial charge in [-0.05, 0) is 57.6 Å². The fourth-order valence-electron chi connectivity index (χ4n) is 6.86. The molecule has 2 bridgehead atoms. The largest absolute Gasteiger partial charge is 0.228 e. The van der Waals surface area contributed by atoms with Crippen LogP contribution in [0.2, 0.25) is 0 Å². The Morgan fingerprint density at radius 1 is 0.476 bits per heavy atom. The van der Waals surface area contributed by atoms with Gasteiger partial charge in [0.15, 0.2) is 5.82 Å². The van der Waals surface area contributed by atoms with Gasteiger partial charge in [0.05, 0.1) is 34.7 Å². The van der Waals surface area contributed by atoms with Gasteiger partial charge >= 0.3 is 0 Å². The topological polar surface area (TPSA) is 73.4 Å². The number of hydrogen-bond acceptors (Lipinski definition) is 4. The summed E-state index contributed by atoms with van der Waals surface area (Å²) in [4.78, 5) is 10.3. The van der Waals surface area contributed by atoms with Crippen molar-refractivity contribution in [1.29, 1.82) is 10.5 Å². The van der Waals surface area contributed by atoms with E-state index in [9.17, 15) is 10.5 Å². The molecule has 0 saturated heterocycles. The van der Waals surface area contributed by atoms with Crippen molar-refractivity contribution < 1.29 is 0 Å². The maximum atomic E-state index is 10.3. The number of nitrogens with zero attached hydrogens (tertiary/aromatic N) is 4. The van der Waals surface area contributed by atoms with Gasteiger partial charge in [-0.2, -0.15) is 10.5 Å². The molecule has 9 rings (SSSR count). The zero-order chi connectivity index (χ0) is 28.2. The molecule has 42 heavy (non-hydrogen) atoms. The Morgan fingerprint density at radius 2 is 1.02 bits per heavy atom. The van der Waals surface area contributed by atoms with Crippen molar-refractivity contribution in [3.05, 3.63) is 166 Å². The van der Waals surface area contributed by atoms with Crippen molar-refractivity contribution in [1.82, 2.24) is 9.97 Å². The van der Waals surface area contributed by atoms with Gasteiger partial charge in [0.1, 0.15) is 0 Å². The summed E-state index contributed by atoms with van der Waals surface area (Å²) in [7, 11) is 0. The molecule has 4 heteroatoms. The lowest BCUT2D eigenvalue weighted by Crippen LogP contribution is -2.30. The molecule has 0 spiro atoms. The van der Waals surface area contributed by atoms with Crippen LogP contribution < -0.4 is 0 Å². The van der Waals surface area contributed by atoms with Gasteiger partial charge in [-0.3, -0.25) is 0 Å². The molecule has 1 heterocycles. The summed E-state index contributed by atoms with van der Waals surface area (Å²) in [6.45, 7) is 0. The number of benzene rings is 5. The summed E-state index contributed by atoms with van der Waals surface area (Å²) in [5.74, 6) is 0.267. The Bertz CT molecular complexity index is 2060. The maximum Gasteiger partial charge on any atom is 0.160 e. The van der Waals surface area contributed by atoms with E-state index in [-0.39, 0.29) is 11.8 Å². The zero-order valence-corrected chi connectivity index (χ0v) is 22.5. The molecule has 0 fully saturated rings. The number of rotatable bonds is 3. The standard InChI is InChI=1S/C38H22N4/c39-21-25-14-9-17-29-33(25)36-28-16-8-7-15-27(28)35(29)37-30(19-18-26(22-40)34(36)37)38-41-31(23-10-3-1-4-11-23)20-32(42-38)24-12-5-2-6-13-24/h1-20,35-36H. The van der Waals surface area contributed by atoms with Gasteiger partial charge in [0.25, 0.3) is 0 Å². The molecule has 6 aromatic rings. The summed E-state index contributed by atoms with van der Waals surface area (Å²) >= 11 is 0. The lowest BCUT2D eigenvalue weighted by atomic mass is 9.58. The molecule has 0 aliphatic heterocycles. The molecule has 0 N–H and O–H groups in total. The molecule has 194 valence electrons. The first-order valence-electron chi connectivity index (χ1n) is 14.0. The molecule has 0 saturated carbocycles. The van der Waals surface area contributed by atoms with Crippen LogP contribution in [0.15, 0.2) is 121 Å². The second-order valence-electron chi connectivity index (χ2n) is 10.7. The molecule has 0 radical (unpaired) electrons. The Kier molecular flexibility index (Phi) is 5.36. The molecule has 2 atom stereocenters. The second-order valence-corrected chi connectivity index (χ2v) is 10.7. The van der Waals surface area contributed by atoms with Crippen molar-refractivity contribution >= 4 is 0 Å². The van der Waals surface area contributed by atoms with Gasteiger partial charge in [-0.15, -0.1) is 0 Å². The Morgan fingerprint density at radius 3 is 1.64 bits per heavy atom. The number of nitriles is 2. The number of aromatic nitrogens is 2. The molecular weight excluding hydrogens is 512 g/mol. The Hall–Kier alpha value is -5.84. The van der Waals surface area contributed by atoms with Crippen LogP contribution in [0.3, 0.4) is 0 Å². The average molecular weight is 535 g/mol. The van der Waals surface area contributed by atoms with E-state index in [0.29, 0.717) is 17.0 Å². The van der Waals surface area contributed by atoms with E-state index in [1.807, 2.05) is 72.8 Å². The van der Waals surface area contributed by atoms with Crippen molar-refractivity contribution in [3.63, 3.8) is 0 Å². The SMILES string of the molecule is N#Cc1cccc2c1C1c3ccccc3C2c2c(-c3nc(-c4ccccc4)cc(-c4ccccc4)n3)ccc(C#N)c21. The minimum absolute atomic E-state index is 0.142. The van der Waals surface area contributed by atoms with Gasteiger partial charge in [0, 0.05) is 28.5 Å². The predicted molar refractivity (Wildman–Crippen MR) is 163 cm³/mol. The summed E-state index contributed by atoms with van der Waals surface area (Å²) in [6, 6.07) is 45.6. The van der Waals surface area contributed by atoms with Crippen molar-refractivity contribution in [2.24, 2.45) is 0 Å². The third-order valence-corrected chi connectivity index (χ3v) is 8.57. The first-order valence-corrected chi connectivity index (χ1v) is 14.0. The smallest absolute Gasteiger partial charge is 0.160 e. The van der Waals surface area contributed by atoms with Gasteiger partial charge in [-0.25, -0.2) is 9.97 Å². The van der Waals surface area contributed by atoms with E-state index in [0.717, 1.165) is 55.9 Å². The molecule has 3 aliphatic rings. The van der Waals surface area contributed by atoms with Crippen LogP contribution >= 0.6 is 0 Å². The summed E-state index contributed by atoms with van der Waals surface area (Å²) < 4.78 is 0. The van der Waals surface area contributed by atoms with Gasteiger partial charge in [-0.1, -0.05) is 97.1 Å². The minimum atomic E-state index is -0.215. The molecule has 3 aliphatic carbocycles. The first kappa shape index (κ1) is 24.0. The van der Waals surface area contributed by atoms with Crippen LogP contribution in [-0.2, 0) is 0 Å². The molecule has 5 aromatic carbocycles. The fraction of sp³-hybridized carbons (Fsp3) is 0.0526. The highest BCUT2D eigenvalue weighted by molar-refractivity contribution is 5.81. The monoisotopic (exact) mass is 534 g/mol. The van der Waals surface area contributed by atoms with Crippen LogP contribution in [0.25, 0.3) is 33.9 Å². The highest BCUT2D eigenvalue weighted by atomic mass is 14.9. The highest BCUT2D eigenvalue weighted by Crippen LogP contribution is 2.59. The third kappa shape index (κ3) is 3.46. The first-order chi connectivity index (χ1) is 20.8. The lowest BCUT2D eigenvalue weighted by Gasteiger charge is -2.43. The fourth-order valence-corrected chi connectivity index (χ4v) is 6.86. The van der Waals surface area contributed by atoms with E-state index in [1.54, 1.807) is 0 Å². The highest BCUT2D eigenvalue weighted by Gasteiger charge is 2.45. The Balaban J connectivity index is 1.45. The molecule has 2 unspecified atom stereocenters. The van der Waals surface area contributed by atoms with Crippen LogP contribution in [0.5, 0.6) is 0 Å². The van der Waals surface area contributed by atoms with E-state index in [4.69, 9.17) is 9.97 Å². The van der Waals surface area contributed by atoms with Gasteiger partial charge < -0.3 is 0 Å². The quantitative estimate of drug-likeness (QED) is 0.229. The zero-order valence-electron chi connectivity index (χ0n) is 22.5. The molecular formula is C38H22N4. The summed E-state index contributed by atoms with van der Waals surface area (Å²) in [6.07, 6.45) is 0. The van der Waals surface area contributed by atoms with Crippen LogP contribution in [-0.4, -0.2) is 9.97 Å². The van der Waals surface area contributed by atoms with E-state index in [2.05, 4.69) is 60.7 Å². The molecule has 1 aromatic heterocycles.